The average molecular weight is 777 g/mol. The molecule has 28 heteroatoms. The highest BCUT2D eigenvalue weighted by Crippen LogP contribution is 2.61. The maximum absolute atomic E-state index is 12.6. The van der Waals surface area contributed by atoms with Gasteiger partial charge in [0.25, 0.3) is 0 Å². The molecular formula is C21H30N7O17P3S. The standard InChI is InChI=1S/C21H30N7O17P3S/c22-16-12-18(25-7-24-16)28(8-26-12)20-15(44-46(33,34)35)21(32,49)11(43-20)6-41-48(38,39)45-47(36,37)40-5-10-13(29)14(30)19(42-10)27-3-1-2-9(4-27)17(23)31/h1,3-4,7-8,10-11,13-15,19-20,29-30,32,49H,2,5-6H2,(H2,23,31)(H,36,37)(H,38,39)(H2,22,24,25)(H2,33,34,35)/t10-,11-,13-,14-,15-,19-,20-,21-/m1/s1. The van der Waals surface area contributed by atoms with E-state index in [0.717, 1.165) is 17.2 Å². The highest BCUT2D eigenvalue weighted by molar-refractivity contribution is 7.81. The second kappa shape index (κ2) is 14.0. The number of thiol groups is 1. The molecule has 24 nitrogen and oxygen atoms in total. The van der Waals surface area contributed by atoms with Crippen molar-refractivity contribution < 1.29 is 80.7 Å². The summed E-state index contributed by atoms with van der Waals surface area (Å²) in [6.45, 7) is -2.14. The first kappa shape index (κ1) is 37.9. The van der Waals surface area contributed by atoms with Crippen molar-refractivity contribution in [1.29, 1.82) is 0 Å². The number of nitrogens with two attached hydrogens (primary N) is 2. The van der Waals surface area contributed by atoms with E-state index in [1.807, 2.05) is 0 Å². The van der Waals surface area contributed by atoms with Crippen molar-refractivity contribution in [3.05, 3.63) is 36.7 Å². The molecule has 2 saturated heterocycles. The van der Waals surface area contributed by atoms with Gasteiger partial charge in [0.2, 0.25) is 5.91 Å². The molecule has 0 spiro atoms. The van der Waals surface area contributed by atoms with Gasteiger partial charge in [0, 0.05) is 18.0 Å². The smallest absolute Gasteiger partial charge is 0.387 e. The van der Waals surface area contributed by atoms with Crippen LogP contribution in [-0.2, 0) is 45.8 Å². The number of fused-ring (bicyclic) bond motifs is 1. The lowest BCUT2D eigenvalue weighted by Crippen LogP contribution is -2.45. The molecule has 2 fully saturated rings. The Hall–Kier alpha value is -2.38. The number of anilines is 1. The minimum absolute atomic E-state index is 0.0355. The Kier molecular flexibility index (Phi) is 10.8. The number of primary amides is 1. The SMILES string of the molecule is NC(=O)C1=CN([C@@H]2O[C@H](COP(=O)(O)OP(=O)(O)OC[C@H]3O[C@@H](n4cnc5c(N)ncnc54)[C@@H](OP(=O)(O)O)[C@]3(O)S)[C@@H](O)[C@H]2O)C=CC1. The normalized spacial score (nSPS) is 33.0. The summed E-state index contributed by atoms with van der Waals surface area (Å²) >= 11 is 3.99. The van der Waals surface area contributed by atoms with E-state index in [1.54, 1.807) is 0 Å². The Morgan fingerprint density at radius 3 is 2.37 bits per heavy atom. The third-order valence-electron chi connectivity index (χ3n) is 7.23. The molecule has 2 unspecified atom stereocenters. The second-order valence-corrected chi connectivity index (χ2v) is 15.6. The number of allylic oxidation sites excluding steroid dienone is 1. The van der Waals surface area contributed by atoms with Crippen LogP contribution in [0.5, 0.6) is 0 Å². The van der Waals surface area contributed by atoms with Crippen molar-refractivity contribution in [2.24, 2.45) is 5.73 Å². The molecular weight excluding hydrogens is 747 g/mol. The first-order chi connectivity index (χ1) is 22.7. The molecule has 1 amide bonds. The second-order valence-electron chi connectivity index (χ2n) is 10.6. The minimum atomic E-state index is -5.58. The number of carbonyl (C=O) groups excluding carboxylic acids is 1. The number of aromatic nitrogens is 4. The van der Waals surface area contributed by atoms with Gasteiger partial charge >= 0.3 is 23.5 Å². The van der Waals surface area contributed by atoms with E-state index in [4.69, 9.17) is 30.0 Å². The van der Waals surface area contributed by atoms with E-state index < -0.39 is 90.5 Å². The third-order valence-corrected chi connectivity index (χ3v) is 10.9. The van der Waals surface area contributed by atoms with E-state index >= 15 is 0 Å². The van der Waals surface area contributed by atoms with E-state index in [0.29, 0.717) is 0 Å². The van der Waals surface area contributed by atoms with Crippen molar-refractivity contribution in [2.45, 2.75) is 54.3 Å². The monoisotopic (exact) mass is 777 g/mol. The molecule has 11 N–H and O–H groups in total. The summed E-state index contributed by atoms with van der Waals surface area (Å²) in [6.07, 6.45) is -5.13. The molecule has 0 aromatic carbocycles. The third kappa shape index (κ3) is 8.41. The molecule has 0 saturated carbocycles. The number of aliphatic hydroxyl groups excluding tert-OH is 2. The first-order valence-corrected chi connectivity index (χ1v) is 18.6. The molecule has 5 rings (SSSR count). The average Bonchev–Trinajstić information content (AvgIpc) is 3.62. The number of rotatable bonds is 13. The number of hydrogen-bond donors (Lipinski definition) is 10. The number of hydrogen-bond acceptors (Lipinski definition) is 19. The van der Waals surface area contributed by atoms with Gasteiger partial charge in [-0.3, -0.25) is 22.9 Å². The van der Waals surface area contributed by atoms with Gasteiger partial charge in [0.05, 0.1) is 19.5 Å². The van der Waals surface area contributed by atoms with Gasteiger partial charge in [-0.05, 0) is 6.42 Å². The Balaban J connectivity index is 1.23. The molecule has 49 heavy (non-hydrogen) atoms. The fourth-order valence-corrected chi connectivity index (χ4v) is 8.00. The quantitative estimate of drug-likeness (QED) is 0.0580. The zero-order valence-corrected chi connectivity index (χ0v) is 28.0. The number of nitrogen functional groups attached to an aromatic ring is 1. The van der Waals surface area contributed by atoms with Crippen molar-refractivity contribution >= 4 is 59.0 Å². The summed E-state index contributed by atoms with van der Waals surface area (Å²) in [6, 6.07) is 0. The lowest BCUT2D eigenvalue weighted by Gasteiger charge is -2.29. The number of carbonyl (C=O) groups is 1. The molecule has 272 valence electrons. The minimum Gasteiger partial charge on any atom is -0.387 e. The number of nitrogens with zero attached hydrogens (tertiary/aromatic N) is 5. The number of aliphatic hydroxyl groups is 3. The Labute approximate surface area is 279 Å². The maximum atomic E-state index is 12.6. The topological polar surface area (TPSA) is 364 Å². The number of ether oxygens (including phenoxy) is 2. The summed E-state index contributed by atoms with van der Waals surface area (Å²) in [5.74, 6) is -0.819. The summed E-state index contributed by atoms with van der Waals surface area (Å²) in [4.78, 5) is 61.0. The largest absolute Gasteiger partial charge is 0.481 e. The van der Waals surface area contributed by atoms with Gasteiger partial charge in [0.15, 0.2) is 35.0 Å². The number of amides is 1. The predicted molar refractivity (Wildman–Crippen MR) is 161 cm³/mol. The predicted octanol–water partition coefficient (Wildman–Crippen LogP) is -2.31. The lowest BCUT2D eigenvalue weighted by molar-refractivity contribution is -0.115. The van der Waals surface area contributed by atoms with Crippen LogP contribution in [0.4, 0.5) is 5.82 Å². The summed E-state index contributed by atoms with van der Waals surface area (Å²) in [5.41, 5.74) is 11.2. The summed E-state index contributed by atoms with van der Waals surface area (Å²) < 4.78 is 67.5. The van der Waals surface area contributed by atoms with Gasteiger partial charge in [0.1, 0.15) is 36.3 Å². The fraction of sp³-hybridized carbons (Fsp3) is 0.524. The zero-order chi connectivity index (χ0) is 36.1. The van der Waals surface area contributed by atoms with E-state index in [-0.39, 0.29) is 29.0 Å². The fourth-order valence-electron chi connectivity index (χ4n) is 4.96. The molecule has 2 aromatic heterocycles. The van der Waals surface area contributed by atoms with E-state index in [9.17, 15) is 53.4 Å². The number of imidazole rings is 1. The molecule has 3 aliphatic rings. The molecule has 5 heterocycles. The first-order valence-electron chi connectivity index (χ1n) is 13.6. The lowest BCUT2D eigenvalue weighted by atomic mass is 10.1. The van der Waals surface area contributed by atoms with Crippen molar-refractivity contribution in [1.82, 2.24) is 24.4 Å². The van der Waals surface area contributed by atoms with Crippen molar-refractivity contribution in [3.8, 4) is 0 Å². The van der Waals surface area contributed by atoms with Gasteiger partial charge in [-0.1, -0.05) is 6.08 Å². The summed E-state index contributed by atoms with van der Waals surface area (Å²) in [5, 5.41) is 31.9. The molecule has 2 aromatic rings. The van der Waals surface area contributed by atoms with Crippen LogP contribution >= 0.6 is 36.1 Å². The van der Waals surface area contributed by atoms with Crippen LogP contribution in [0.2, 0.25) is 0 Å². The van der Waals surface area contributed by atoms with Crippen LogP contribution in [0.15, 0.2) is 36.7 Å². The van der Waals surface area contributed by atoms with Crippen molar-refractivity contribution in [2.75, 3.05) is 18.9 Å². The maximum Gasteiger partial charge on any atom is 0.481 e. The van der Waals surface area contributed by atoms with Gasteiger partial charge in [-0.15, -0.1) is 12.6 Å². The van der Waals surface area contributed by atoms with Crippen molar-refractivity contribution in [3.63, 3.8) is 0 Å². The Morgan fingerprint density at radius 2 is 1.71 bits per heavy atom. The molecule has 0 radical (unpaired) electrons. The Morgan fingerprint density at radius 1 is 1.04 bits per heavy atom. The highest BCUT2D eigenvalue weighted by Gasteiger charge is 2.58. The molecule has 3 aliphatic heterocycles. The van der Waals surface area contributed by atoms with Crippen LogP contribution in [0, 0.1) is 0 Å². The van der Waals surface area contributed by atoms with Gasteiger partial charge in [-0.2, -0.15) is 4.31 Å². The molecule has 0 bridgehead atoms. The van der Waals surface area contributed by atoms with Crippen LogP contribution in [0.1, 0.15) is 12.6 Å². The summed E-state index contributed by atoms with van der Waals surface area (Å²) in [7, 11) is -16.5. The number of phosphoric ester groups is 3. The van der Waals surface area contributed by atoms with Crippen LogP contribution < -0.4 is 11.5 Å². The van der Waals surface area contributed by atoms with Gasteiger partial charge < -0.3 is 60.7 Å². The Bertz CT molecular complexity index is 1790. The molecule has 0 aliphatic carbocycles. The van der Waals surface area contributed by atoms with Crippen LogP contribution in [-0.4, -0.2) is 120 Å². The van der Waals surface area contributed by atoms with E-state index in [1.165, 1.54) is 23.4 Å². The van der Waals surface area contributed by atoms with Crippen LogP contribution in [0.3, 0.4) is 0 Å². The van der Waals surface area contributed by atoms with Crippen LogP contribution in [0.25, 0.3) is 11.2 Å². The molecule has 10 atom stereocenters. The van der Waals surface area contributed by atoms with Gasteiger partial charge in [-0.25, -0.2) is 28.6 Å². The van der Waals surface area contributed by atoms with E-state index in [2.05, 4.69) is 36.4 Å². The number of phosphoric acid groups is 3. The zero-order valence-electron chi connectivity index (χ0n) is 24.4. The highest BCUT2D eigenvalue weighted by atomic mass is 32.1.